The van der Waals surface area contributed by atoms with Gasteiger partial charge in [-0.3, -0.25) is 4.90 Å². The maximum atomic E-state index is 12.4. The summed E-state index contributed by atoms with van der Waals surface area (Å²) < 4.78 is 11.2. The van der Waals surface area contributed by atoms with Crippen molar-refractivity contribution in [2.75, 3.05) is 13.2 Å². The molecule has 1 aliphatic carbocycles. The van der Waals surface area contributed by atoms with E-state index in [-0.39, 0.29) is 24.8 Å². The average molecular weight is 303 g/mol. The van der Waals surface area contributed by atoms with Gasteiger partial charge in [-0.05, 0) is 24.3 Å². The fourth-order valence-corrected chi connectivity index (χ4v) is 3.78. The van der Waals surface area contributed by atoms with Crippen molar-refractivity contribution in [1.29, 1.82) is 0 Å². The van der Waals surface area contributed by atoms with Crippen molar-refractivity contribution in [2.24, 2.45) is 11.8 Å². The van der Waals surface area contributed by atoms with E-state index < -0.39 is 6.10 Å². The van der Waals surface area contributed by atoms with Crippen LogP contribution in [0.2, 0.25) is 0 Å². The van der Waals surface area contributed by atoms with Crippen LogP contribution in [0.5, 0.6) is 0 Å². The largest absolute Gasteiger partial charge is 0.445 e. The van der Waals surface area contributed by atoms with Crippen LogP contribution in [-0.4, -0.2) is 47.5 Å². The summed E-state index contributed by atoms with van der Waals surface area (Å²) in [5.41, 5.74) is 0.966. The van der Waals surface area contributed by atoms with Crippen LogP contribution in [0.3, 0.4) is 0 Å². The zero-order valence-corrected chi connectivity index (χ0v) is 12.4. The van der Waals surface area contributed by atoms with Gasteiger partial charge in [0, 0.05) is 12.5 Å². The van der Waals surface area contributed by atoms with Gasteiger partial charge in [0.2, 0.25) is 0 Å². The van der Waals surface area contributed by atoms with Crippen LogP contribution < -0.4 is 0 Å². The van der Waals surface area contributed by atoms with E-state index in [1.54, 1.807) is 4.90 Å². The van der Waals surface area contributed by atoms with E-state index in [0.717, 1.165) is 5.56 Å². The quantitative estimate of drug-likeness (QED) is 0.925. The molecule has 0 unspecified atom stereocenters. The number of hydrogen-bond donors (Lipinski definition) is 1. The van der Waals surface area contributed by atoms with Gasteiger partial charge >= 0.3 is 6.09 Å². The van der Waals surface area contributed by atoms with Gasteiger partial charge in [-0.2, -0.15) is 0 Å². The Labute approximate surface area is 129 Å². The van der Waals surface area contributed by atoms with Crippen molar-refractivity contribution < 1.29 is 19.4 Å². The Kier molecular flexibility index (Phi) is 3.54. The van der Waals surface area contributed by atoms with E-state index in [2.05, 4.69) is 0 Å². The van der Waals surface area contributed by atoms with Gasteiger partial charge in [0.1, 0.15) is 12.7 Å². The third-order valence-electron chi connectivity index (χ3n) is 5.05. The van der Waals surface area contributed by atoms with E-state index in [1.807, 2.05) is 30.3 Å². The summed E-state index contributed by atoms with van der Waals surface area (Å²) in [4.78, 5) is 14.1. The number of benzene rings is 1. The summed E-state index contributed by atoms with van der Waals surface area (Å²) in [7, 11) is 0. The molecule has 5 heteroatoms. The van der Waals surface area contributed by atoms with Crippen LogP contribution in [-0.2, 0) is 16.1 Å². The summed E-state index contributed by atoms with van der Waals surface area (Å²) in [6, 6.07) is 9.40. The maximum absolute atomic E-state index is 12.4. The van der Waals surface area contributed by atoms with E-state index in [0.29, 0.717) is 25.0 Å². The first-order valence-corrected chi connectivity index (χ1v) is 8.01. The number of amides is 1. The first-order valence-electron chi connectivity index (χ1n) is 8.01. The van der Waals surface area contributed by atoms with E-state index >= 15 is 0 Å². The van der Waals surface area contributed by atoms with Crippen LogP contribution >= 0.6 is 0 Å². The zero-order valence-electron chi connectivity index (χ0n) is 12.4. The Balaban J connectivity index is 1.43. The first-order chi connectivity index (χ1) is 10.7. The second kappa shape index (κ2) is 5.56. The first kappa shape index (κ1) is 14.0. The highest BCUT2D eigenvalue weighted by Gasteiger charge is 2.56. The van der Waals surface area contributed by atoms with Crippen LogP contribution in [0.25, 0.3) is 0 Å². The van der Waals surface area contributed by atoms with Gasteiger partial charge in [0.05, 0.1) is 18.8 Å². The van der Waals surface area contributed by atoms with Crippen molar-refractivity contribution in [3.05, 3.63) is 35.9 Å². The second-order valence-corrected chi connectivity index (χ2v) is 6.55. The lowest BCUT2D eigenvalue weighted by Crippen LogP contribution is -2.44. The van der Waals surface area contributed by atoms with Gasteiger partial charge in [0.25, 0.3) is 0 Å². The number of fused-ring (bicyclic) bond motifs is 1. The highest BCUT2D eigenvalue weighted by atomic mass is 16.6. The van der Waals surface area contributed by atoms with Crippen LogP contribution in [0.4, 0.5) is 4.79 Å². The number of aliphatic hydroxyl groups excluding tert-OH is 1. The molecule has 1 aromatic rings. The molecule has 4 rings (SSSR count). The summed E-state index contributed by atoms with van der Waals surface area (Å²) in [6.45, 7) is 1.23. The smallest absolute Gasteiger partial charge is 0.410 e. The number of ether oxygens (including phenoxy) is 2. The van der Waals surface area contributed by atoms with Gasteiger partial charge in [-0.25, -0.2) is 4.79 Å². The molecule has 5 nitrogen and oxygen atoms in total. The topological polar surface area (TPSA) is 59.0 Å². The minimum atomic E-state index is -0.599. The Bertz CT molecular complexity index is 545. The highest BCUT2D eigenvalue weighted by Crippen LogP contribution is 2.46. The molecule has 2 heterocycles. The second-order valence-electron chi connectivity index (χ2n) is 6.55. The number of carbonyl (C=O) groups is 1. The molecule has 1 N–H and O–H groups in total. The fourth-order valence-electron chi connectivity index (χ4n) is 3.78. The van der Waals surface area contributed by atoms with Crippen molar-refractivity contribution >= 4 is 6.09 Å². The molecule has 1 amide bonds. The third-order valence-corrected chi connectivity index (χ3v) is 5.05. The Morgan fingerprint density at radius 2 is 2.09 bits per heavy atom. The Morgan fingerprint density at radius 1 is 1.32 bits per heavy atom. The molecule has 0 spiro atoms. The Hall–Kier alpha value is -1.59. The fraction of sp³-hybridized carbons (Fsp3) is 0.588. The predicted molar refractivity (Wildman–Crippen MR) is 79.1 cm³/mol. The lowest BCUT2D eigenvalue weighted by molar-refractivity contribution is 0.0517. The molecule has 2 saturated heterocycles. The van der Waals surface area contributed by atoms with E-state index in [1.165, 1.54) is 12.8 Å². The molecule has 0 bridgehead atoms. The minimum Gasteiger partial charge on any atom is -0.445 e. The lowest BCUT2D eigenvalue weighted by atomic mass is 9.96. The van der Waals surface area contributed by atoms with Crippen molar-refractivity contribution in [3.8, 4) is 0 Å². The Morgan fingerprint density at radius 3 is 2.82 bits per heavy atom. The lowest BCUT2D eigenvalue weighted by Gasteiger charge is -2.24. The number of nitrogens with zero attached hydrogens (tertiary/aromatic N) is 1. The standard InChI is InChI=1S/C17H21NO4/c19-14-10-21-16-13(12-6-7-12)8-18(15(14)16)17(20)22-9-11-4-2-1-3-5-11/h1-5,12-16,19H,6-10H2/t13-,14+,15-,16-/m1/s1. The highest BCUT2D eigenvalue weighted by molar-refractivity contribution is 5.69. The van der Waals surface area contributed by atoms with Gasteiger partial charge in [0.15, 0.2) is 0 Å². The number of hydrogen-bond acceptors (Lipinski definition) is 4. The van der Waals surface area contributed by atoms with E-state index in [9.17, 15) is 9.90 Å². The summed E-state index contributed by atoms with van der Waals surface area (Å²) in [5, 5.41) is 10.1. The van der Waals surface area contributed by atoms with Crippen molar-refractivity contribution in [1.82, 2.24) is 4.90 Å². The van der Waals surface area contributed by atoms with Crippen LogP contribution in [0.1, 0.15) is 18.4 Å². The molecular formula is C17H21NO4. The number of rotatable bonds is 3. The zero-order chi connectivity index (χ0) is 15.1. The summed E-state index contributed by atoms with van der Waals surface area (Å²) >= 11 is 0. The maximum Gasteiger partial charge on any atom is 0.410 e. The average Bonchev–Trinajstić information content (AvgIpc) is 3.21. The van der Waals surface area contributed by atoms with E-state index in [4.69, 9.17) is 9.47 Å². The molecule has 0 aromatic heterocycles. The van der Waals surface area contributed by atoms with Crippen molar-refractivity contribution in [3.63, 3.8) is 0 Å². The molecule has 22 heavy (non-hydrogen) atoms. The molecule has 118 valence electrons. The number of likely N-dealkylation sites (tertiary alicyclic amines) is 1. The van der Waals surface area contributed by atoms with Crippen LogP contribution in [0.15, 0.2) is 30.3 Å². The molecule has 2 aliphatic heterocycles. The molecule has 3 fully saturated rings. The molecule has 0 radical (unpaired) electrons. The molecule has 4 atom stereocenters. The van der Waals surface area contributed by atoms with Crippen LogP contribution in [0, 0.1) is 11.8 Å². The summed E-state index contributed by atoms with van der Waals surface area (Å²) in [5.74, 6) is 0.996. The molecular weight excluding hydrogens is 282 g/mol. The van der Waals surface area contributed by atoms with Crippen molar-refractivity contribution in [2.45, 2.75) is 37.7 Å². The van der Waals surface area contributed by atoms with Gasteiger partial charge in [-0.1, -0.05) is 30.3 Å². The normalized spacial score (nSPS) is 33.8. The third kappa shape index (κ3) is 2.48. The van der Waals surface area contributed by atoms with Gasteiger partial charge < -0.3 is 14.6 Å². The monoisotopic (exact) mass is 303 g/mol. The number of carbonyl (C=O) groups excluding carboxylic acids is 1. The number of aliphatic hydroxyl groups is 1. The molecule has 1 saturated carbocycles. The SMILES string of the molecule is O=C(OCc1ccccc1)N1C[C@H](C2CC2)[C@H]2OC[C@H](O)[C@H]21. The van der Waals surface area contributed by atoms with Gasteiger partial charge in [-0.15, -0.1) is 0 Å². The summed E-state index contributed by atoms with van der Waals surface area (Å²) in [6.07, 6.45) is 1.46. The molecule has 1 aromatic carbocycles. The molecule has 3 aliphatic rings. The predicted octanol–water partition coefficient (Wildman–Crippen LogP) is 1.79. The minimum absolute atomic E-state index is 0.0215.